The van der Waals surface area contributed by atoms with Gasteiger partial charge in [0.25, 0.3) is 0 Å². The number of hydrogen-bond acceptors (Lipinski definition) is 6. The number of esters is 1. The summed E-state index contributed by atoms with van der Waals surface area (Å²) in [7, 11) is -5.91. The van der Waals surface area contributed by atoms with Gasteiger partial charge in [0.15, 0.2) is 6.17 Å². The van der Waals surface area contributed by atoms with Gasteiger partial charge < -0.3 is 14.9 Å². The zero-order valence-corrected chi connectivity index (χ0v) is 19.3. The molecule has 4 saturated carbocycles. The van der Waals surface area contributed by atoms with Crippen molar-refractivity contribution >= 4 is 16.1 Å². The molecule has 33 heavy (non-hydrogen) atoms. The first kappa shape index (κ1) is 25.2. The Morgan fingerprint density at radius 3 is 1.94 bits per heavy atom. The average molecular weight is 499 g/mol. The predicted molar refractivity (Wildman–Crippen MR) is 110 cm³/mol. The van der Waals surface area contributed by atoms with Crippen molar-refractivity contribution in [1.82, 2.24) is 0 Å². The van der Waals surface area contributed by atoms with Gasteiger partial charge in [0.2, 0.25) is 0 Å². The van der Waals surface area contributed by atoms with Crippen LogP contribution in [0.4, 0.5) is 13.2 Å². The van der Waals surface area contributed by atoms with E-state index in [0.717, 1.165) is 25.7 Å². The third-order valence-corrected chi connectivity index (χ3v) is 9.92. The predicted octanol–water partition coefficient (Wildman–Crippen LogP) is 3.24. The molecule has 4 aliphatic rings. The number of alkyl halides is 3. The minimum absolute atomic E-state index is 0.0362. The van der Waals surface area contributed by atoms with E-state index in [4.69, 9.17) is 9.29 Å². The molecule has 4 aliphatic carbocycles. The summed E-state index contributed by atoms with van der Waals surface area (Å²) in [4.78, 5) is 12.7. The minimum Gasteiger partial charge on any atom is -0.465 e. The number of halogens is 3. The molecule has 0 heterocycles. The molecule has 11 heteroatoms. The summed E-state index contributed by atoms with van der Waals surface area (Å²) in [6.45, 7) is -0.738. The Kier molecular flexibility index (Phi) is 6.59. The number of fused-ring (bicyclic) bond motifs is 5. The molecule has 0 bridgehead atoms. The zero-order valence-electron chi connectivity index (χ0n) is 18.5. The molecule has 7 nitrogen and oxygen atoms in total. The highest BCUT2D eigenvalue weighted by Gasteiger charge is 2.59. The molecule has 3 N–H and O–H groups in total. The lowest BCUT2D eigenvalue weighted by Gasteiger charge is -2.46. The molecule has 0 aromatic rings. The van der Waals surface area contributed by atoms with Gasteiger partial charge in [0.1, 0.15) is 0 Å². The summed E-state index contributed by atoms with van der Waals surface area (Å²) in [5, 5.41) is 17.7. The smallest absolute Gasteiger partial charge is 0.400 e. The van der Waals surface area contributed by atoms with Crippen LogP contribution in [-0.4, -0.2) is 58.4 Å². The first-order chi connectivity index (χ1) is 15.3. The van der Waals surface area contributed by atoms with E-state index in [0.29, 0.717) is 38.5 Å². The molecule has 0 aliphatic heterocycles. The van der Waals surface area contributed by atoms with Crippen molar-refractivity contribution in [2.45, 2.75) is 93.3 Å². The van der Waals surface area contributed by atoms with Crippen LogP contribution in [0.3, 0.4) is 0 Å². The maximum absolute atomic E-state index is 13.7. The van der Waals surface area contributed by atoms with Crippen LogP contribution in [0.2, 0.25) is 0 Å². The van der Waals surface area contributed by atoms with Crippen molar-refractivity contribution in [3.8, 4) is 0 Å². The topological polar surface area (TPSA) is 121 Å². The third-order valence-electron chi connectivity index (χ3n) is 8.98. The SMILES string of the molecule is O=C(OCCC(F)C(F)(F)S(=O)(=O)O)C1CC2C(C1)C1CCCC1(O)CCC1(O)CCCC21. The Hall–Kier alpha value is -0.910. The van der Waals surface area contributed by atoms with Crippen LogP contribution in [0.25, 0.3) is 0 Å². The lowest BCUT2D eigenvalue weighted by Crippen LogP contribution is -2.49. The van der Waals surface area contributed by atoms with Crippen molar-refractivity contribution in [3.05, 3.63) is 0 Å². The Morgan fingerprint density at radius 1 is 1.00 bits per heavy atom. The van der Waals surface area contributed by atoms with Crippen molar-refractivity contribution in [3.63, 3.8) is 0 Å². The van der Waals surface area contributed by atoms with E-state index >= 15 is 0 Å². The molecule has 4 rings (SSSR count). The fourth-order valence-electron chi connectivity index (χ4n) is 7.37. The summed E-state index contributed by atoms with van der Waals surface area (Å²) in [6, 6.07) is 0. The van der Waals surface area contributed by atoms with Gasteiger partial charge in [-0.05, 0) is 75.0 Å². The normalized spacial score (nSPS) is 42.1. The molecule has 0 spiro atoms. The van der Waals surface area contributed by atoms with Crippen LogP contribution in [0.15, 0.2) is 0 Å². The summed E-state index contributed by atoms with van der Waals surface area (Å²) >= 11 is 0. The van der Waals surface area contributed by atoms with Gasteiger partial charge in [-0.1, -0.05) is 12.8 Å². The quantitative estimate of drug-likeness (QED) is 0.380. The van der Waals surface area contributed by atoms with Crippen LogP contribution in [0, 0.1) is 29.6 Å². The Bertz CT molecular complexity index is 832. The van der Waals surface area contributed by atoms with Gasteiger partial charge >= 0.3 is 21.3 Å². The third kappa shape index (κ3) is 4.43. The van der Waals surface area contributed by atoms with E-state index in [1.54, 1.807) is 0 Å². The van der Waals surface area contributed by atoms with E-state index in [2.05, 4.69) is 0 Å². The number of carbonyl (C=O) groups excluding carboxylic acids is 1. The Morgan fingerprint density at radius 2 is 1.48 bits per heavy atom. The molecule has 0 amide bonds. The first-order valence-corrected chi connectivity index (χ1v) is 13.3. The van der Waals surface area contributed by atoms with Gasteiger partial charge in [0.05, 0.1) is 23.7 Å². The van der Waals surface area contributed by atoms with Gasteiger partial charge in [-0.3, -0.25) is 9.35 Å². The molecule has 0 saturated heterocycles. The molecule has 7 unspecified atom stereocenters. The summed E-state index contributed by atoms with van der Waals surface area (Å²) in [5.74, 6) is -1.05. The second kappa shape index (κ2) is 8.64. The highest BCUT2D eigenvalue weighted by atomic mass is 32.2. The Balaban J connectivity index is 1.43. The molecule has 0 aromatic heterocycles. The summed E-state index contributed by atoms with van der Waals surface area (Å²) in [5.41, 5.74) is -1.71. The summed E-state index contributed by atoms with van der Waals surface area (Å²) in [6.07, 6.45) is 2.59. The number of hydrogen-bond donors (Lipinski definition) is 3. The molecule has 0 aromatic carbocycles. The number of aliphatic hydroxyl groups is 2. The second-order valence-electron chi connectivity index (χ2n) is 10.7. The van der Waals surface area contributed by atoms with E-state index in [1.165, 1.54) is 0 Å². The van der Waals surface area contributed by atoms with Crippen LogP contribution < -0.4 is 0 Å². The molecule has 4 fully saturated rings. The van der Waals surface area contributed by atoms with Gasteiger partial charge in [-0.25, -0.2) is 4.39 Å². The van der Waals surface area contributed by atoms with Crippen molar-refractivity contribution in [1.29, 1.82) is 0 Å². The van der Waals surface area contributed by atoms with Gasteiger partial charge in [-0.2, -0.15) is 17.2 Å². The molecular weight excluding hydrogens is 465 g/mol. The lowest BCUT2D eigenvalue weighted by atomic mass is 9.63. The highest BCUT2D eigenvalue weighted by molar-refractivity contribution is 7.86. The van der Waals surface area contributed by atoms with Crippen LogP contribution in [0.5, 0.6) is 0 Å². The Labute approximate surface area is 191 Å². The van der Waals surface area contributed by atoms with Gasteiger partial charge in [-0.15, -0.1) is 0 Å². The average Bonchev–Trinajstić information content (AvgIpc) is 3.41. The van der Waals surface area contributed by atoms with Crippen molar-refractivity contribution in [2.24, 2.45) is 29.6 Å². The fourth-order valence-corrected chi connectivity index (χ4v) is 7.82. The van der Waals surface area contributed by atoms with Gasteiger partial charge in [0, 0.05) is 6.42 Å². The van der Waals surface area contributed by atoms with Crippen LogP contribution in [0.1, 0.15) is 70.6 Å². The maximum Gasteiger partial charge on any atom is 0.400 e. The minimum atomic E-state index is -5.91. The van der Waals surface area contributed by atoms with E-state index in [-0.39, 0.29) is 23.7 Å². The standard InChI is InChI=1S/C22H33F3O7S/c23-18(22(24,25)33(29,30)31)5-10-32-19(26)13-11-14-15(12-13)17-4-2-7-21(17,28)9-8-20(27)6-1-3-16(14)20/h13-18,27-28H,1-12H2,(H,29,30,31). The molecular formula is C22H33F3O7S. The monoisotopic (exact) mass is 498 g/mol. The van der Waals surface area contributed by atoms with E-state index in [9.17, 15) is 36.6 Å². The zero-order chi connectivity index (χ0) is 24.2. The van der Waals surface area contributed by atoms with Crippen LogP contribution in [-0.2, 0) is 19.6 Å². The summed E-state index contributed by atoms with van der Waals surface area (Å²) < 4.78 is 75.2. The molecule has 0 radical (unpaired) electrons. The molecule has 190 valence electrons. The number of rotatable bonds is 6. The highest BCUT2D eigenvalue weighted by Crippen LogP contribution is 2.60. The lowest BCUT2D eigenvalue weighted by molar-refractivity contribution is -0.149. The molecule has 7 atom stereocenters. The maximum atomic E-state index is 13.7. The van der Waals surface area contributed by atoms with Crippen LogP contribution >= 0.6 is 0 Å². The van der Waals surface area contributed by atoms with Crippen molar-refractivity contribution < 1.29 is 45.9 Å². The van der Waals surface area contributed by atoms with Crippen molar-refractivity contribution in [2.75, 3.05) is 6.61 Å². The largest absolute Gasteiger partial charge is 0.465 e. The first-order valence-electron chi connectivity index (χ1n) is 11.9. The van der Waals surface area contributed by atoms with E-state index in [1.807, 2.05) is 0 Å². The second-order valence-corrected chi connectivity index (χ2v) is 12.2. The number of carbonyl (C=O) groups is 1. The fraction of sp³-hybridized carbons (Fsp3) is 0.955. The number of ether oxygens (including phenoxy) is 1. The van der Waals surface area contributed by atoms with E-state index < -0.39 is 57.7 Å².